The van der Waals surface area contributed by atoms with E-state index in [1.165, 1.54) is 6.26 Å². The van der Waals surface area contributed by atoms with Gasteiger partial charge in [0.1, 0.15) is 12.0 Å². The van der Waals surface area contributed by atoms with E-state index in [9.17, 15) is 0 Å². The van der Waals surface area contributed by atoms with Crippen LogP contribution < -0.4 is 4.74 Å². The molecule has 3 aromatic rings. The normalized spacial score (nSPS) is 10.5. The Morgan fingerprint density at radius 2 is 1.89 bits per heavy atom. The highest BCUT2D eigenvalue weighted by atomic mass is 16.5. The summed E-state index contributed by atoms with van der Waals surface area (Å²) < 4.78 is 15.0. The first-order chi connectivity index (χ1) is 8.86. The largest absolute Gasteiger partial charge is 0.497 e. The van der Waals surface area contributed by atoms with Gasteiger partial charge in [-0.2, -0.15) is 4.98 Å². The van der Waals surface area contributed by atoms with Gasteiger partial charge in [-0.1, -0.05) is 10.3 Å². The van der Waals surface area contributed by atoms with Crippen LogP contribution in [0.3, 0.4) is 0 Å². The summed E-state index contributed by atoms with van der Waals surface area (Å²) in [5.74, 6) is 1.60. The number of hydrogen-bond acceptors (Lipinski definition) is 6. The van der Waals surface area contributed by atoms with Crippen LogP contribution >= 0.6 is 0 Å². The predicted octanol–water partition coefficient (Wildman–Crippen LogP) is 2.40. The maximum absolute atomic E-state index is 5.16. The first-order valence-electron chi connectivity index (χ1n) is 5.26. The van der Waals surface area contributed by atoms with Crippen molar-refractivity contribution in [1.29, 1.82) is 0 Å². The van der Waals surface area contributed by atoms with Crippen LogP contribution in [0.1, 0.15) is 0 Å². The molecule has 0 bridgehead atoms. The van der Waals surface area contributed by atoms with Gasteiger partial charge in [-0.05, 0) is 24.3 Å². The van der Waals surface area contributed by atoms with Gasteiger partial charge in [-0.3, -0.25) is 0 Å². The summed E-state index contributed by atoms with van der Waals surface area (Å²) in [4.78, 5) is 4.24. The molecule has 18 heavy (non-hydrogen) atoms. The molecule has 2 heterocycles. The standard InChI is InChI=1S/C12H9N3O3/c1-16-9-4-2-8(3-5-9)12-13-11(15-18-12)10-6-7-17-14-10/h2-7H,1H3. The summed E-state index contributed by atoms with van der Waals surface area (Å²) in [7, 11) is 1.62. The molecule has 0 atom stereocenters. The third-order valence-corrected chi connectivity index (χ3v) is 2.43. The Morgan fingerprint density at radius 3 is 2.56 bits per heavy atom. The van der Waals surface area contributed by atoms with E-state index in [-0.39, 0.29) is 0 Å². The number of aromatic nitrogens is 3. The van der Waals surface area contributed by atoms with E-state index in [0.717, 1.165) is 11.3 Å². The van der Waals surface area contributed by atoms with Crippen LogP contribution in [0.2, 0.25) is 0 Å². The second kappa shape index (κ2) is 4.33. The van der Waals surface area contributed by atoms with Gasteiger partial charge in [0, 0.05) is 11.6 Å². The lowest BCUT2D eigenvalue weighted by Crippen LogP contribution is -1.83. The summed E-state index contributed by atoms with van der Waals surface area (Å²) in [6.07, 6.45) is 1.46. The Bertz CT molecular complexity index is 629. The van der Waals surface area contributed by atoms with E-state index >= 15 is 0 Å². The fourth-order valence-corrected chi connectivity index (χ4v) is 1.51. The molecule has 0 aliphatic rings. The third kappa shape index (κ3) is 1.84. The molecule has 0 saturated heterocycles. The lowest BCUT2D eigenvalue weighted by molar-refractivity contribution is 0.414. The molecule has 0 fully saturated rings. The molecule has 0 saturated carbocycles. The molecule has 6 nitrogen and oxygen atoms in total. The zero-order valence-electron chi connectivity index (χ0n) is 9.53. The summed E-state index contributed by atoms with van der Waals surface area (Å²) in [5.41, 5.74) is 1.36. The first-order valence-corrected chi connectivity index (χ1v) is 5.26. The summed E-state index contributed by atoms with van der Waals surface area (Å²) in [6.45, 7) is 0. The molecular weight excluding hydrogens is 234 g/mol. The van der Waals surface area contributed by atoms with Crippen molar-refractivity contribution in [3.63, 3.8) is 0 Å². The van der Waals surface area contributed by atoms with Crippen molar-refractivity contribution in [3.8, 4) is 28.7 Å². The molecule has 0 N–H and O–H groups in total. The third-order valence-electron chi connectivity index (χ3n) is 2.43. The Balaban J connectivity index is 1.92. The highest BCUT2D eigenvalue weighted by Gasteiger charge is 2.12. The van der Waals surface area contributed by atoms with E-state index in [1.807, 2.05) is 24.3 Å². The predicted molar refractivity (Wildman–Crippen MR) is 61.8 cm³/mol. The van der Waals surface area contributed by atoms with E-state index in [0.29, 0.717) is 17.4 Å². The molecule has 90 valence electrons. The Hall–Kier alpha value is -2.63. The van der Waals surface area contributed by atoms with Gasteiger partial charge in [0.2, 0.25) is 5.82 Å². The molecule has 2 aromatic heterocycles. The second-order valence-electron chi connectivity index (χ2n) is 3.54. The van der Waals surface area contributed by atoms with E-state index < -0.39 is 0 Å². The lowest BCUT2D eigenvalue weighted by Gasteiger charge is -1.98. The van der Waals surface area contributed by atoms with E-state index in [4.69, 9.17) is 13.8 Å². The first kappa shape index (κ1) is 10.5. The summed E-state index contributed by atoms with van der Waals surface area (Å²) >= 11 is 0. The van der Waals surface area contributed by atoms with Crippen molar-refractivity contribution in [1.82, 2.24) is 15.3 Å². The van der Waals surface area contributed by atoms with Crippen molar-refractivity contribution < 1.29 is 13.8 Å². The van der Waals surface area contributed by atoms with Gasteiger partial charge >= 0.3 is 0 Å². The SMILES string of the molecule is COc1ccc(-c2nc(-c3ccon3)no2)cc1. The van der Waals surface area contributed by atoms with E-state index in [2.05, 4.69) is 15.3 Å². The average Bonchev–Trinajstić information content (AvgIpc) is 3.09. The smallest absolute Gasteiger partial charge is 0.258 e. The Kier molecular flexibility index (Phi) is 2.53. The van der Waals surface area contributed by atoms with Gasteiger partial charge in [-0.15, -0.1) is 0 Å². The van der Waals surface area contributed by atoms with Crippen molar-refractivity contribution in [3.05, 3.63) is 36.6 Å². The maximum Gasteiger partial charge on any atom is 0.258 e. The molecule has 0 unspecified atom stereocenters. The molecule has 0 amide bonds. The number of rotatable bonds is 3. The zero-order chi connectivity index (χ0) is 12.4. The minimum Gasteiger partial charge on any atom is -0.497 e. The highest BCUT2D eigenvalue weighted by Crippen LogP contribution is 2.23. The van der Waals surface area contributed by atoms with Crippen molar-refractivity contribution in [2.24, 2.45) is 0 Å². The summed E-state index contributed by atoms with van der Waals surface area (Å²) in [6, 6.07) is 9.02. The van der Waals surface area contributed by atoms with Crippen LogP contribution in [-0.2, 0) is 0 Å². The van der Waals surface area contributed by atoms with Gasteiger partial charge in [0.25, 0.3) is 5.89 Å². The maximum atomic E-state index is 5.16. The molecule has 1 aromatic carbocycles. The number of hydrogen-bond donors (Lipinski definition) is 0. The molecule has 0 aliphatic carbocycles. The molecule has 0 radical (unpaired) electrons. The van der Waals surface area contributed by atoms with Crippen LogP contribution in [0, 0.1) is 0 Å². The molecular formula is C12H9N3O3. The fourth-order valence-electron chi connectivity index (χ4n) is 1.51. The van der Waals surface area contributed by atoms with Crippen LogP contribution in [0.15, 0.2) is 45.6 Å². The Morgan fingerprint density at radius 1 is 1.06 bits per heavy atom. The van der Waals surface area contributed by atoms with Gasteiger partial charge in [0.05, 0.1) is 7.11 Å². The van der Waals surface area contributed by atoms with Crippen LogP contribution in [0.4, 0.5) is 0 Å². The second-order valence-corrected chi connectivity index (χ2v) is 3.54. The number of benzene rings is 1. The summed E-state index contributed by atoms with van der Waals surface area (Å²) in [5, 5.41) is 7.58. The lowest BCUT2D eigenvalue weighted by atomic mass is 10.2. The van der Waals surface area contributed by atoms with Gasteiger partial charge in [0.15, 0.2) is 5.69 Å². The van der Waals surface area contributed by atoms with E-state index in [1.54, 1.807) is 13.2 Å². The monoisotopic (exact) mass is 243 g/mol. The molecule has 6 heteroatoms. The van der Waals surface area contributed by atoms with Crippen molar-refractivity contribution in [2.45, 2.75) is 0 Å². The molecule has 0 aliphatic heterocycles. The van der Waals surface area contributed by atoms with Gasteiger partial charge < -0.3 is 13.8 Å². The minimum absolute atomic E-state index is 0.398. The number of methoxy groups -OCH3 is 1. The quantitative estimate of drug-likeness (QED) is 0.703. The fraction of sp³-hybridized carbons (Fsp3) is 0.0833. The number of nitrogens with zero attached hydrogens (tertiary/aromatic N) is 3. The topological polar surface area (TPSA) is 74.2 Å². The average molecular weight is 243 g/mol. The molecule has 0 spiro atoms. The van der Waals surface area contributed by atoms with Crippen molar-refractivity contribution >= 4 is 0 Å². The van der Waals surface area contributed by atoms with Crippen LogP contribution in [0.25, 0.3) is 23.0 Å². The van der Waals surface area contributed by atoms with Gasteiger partial charge in [-0.25, -0.2) is 0 Å². The van der Waals surface area contributed by atoms with Crippen molar-refractivity contribution in [2.75, 3.05) is 7.11 Å². The van der Waals surface area contributed by atoms with Crippen LogP contribution in [-0.4, -0.2) is 22.4 Å². The number of ether oxygens (including phenoxy) is 1. The minimum atomic E-state index is 0.398. The zero-order valence-corrected chi connectivity index (χ0v) is 9.53. The Labute approximate surface area is 102 Å². The highest BCUT2D eigenvalue weighted by molar-refractivity contribution is 5.57. The molecule has 3 rings (SSSR count). The van der Waals surface area contributed by atoms with Crippen LogP contribution in [0.5, 0.6) is 5.75 Å².